The quantitative estimate of drug-likeness (QED) is 0.464. The highest BCUT2D eigenvalue weighted by molar-refractivity contribution is 5.92. The maximum Gasteiger partial charge on any atom is 0.408 e. The van der Waals surface area contributed by atoms with Crippen molar-refractivity contribution in [1.29, 1.82) is 0 Å². The minimum Gasteiger partial charge on any atom is -0.508 e. The molecule has 8 heteroatoms. The molecular weight excluding hydrogens is 458 g/mol. The van der Waals surface area contributed by atoms with E-state index in [1.54, 1.807) is 50.8 Å². The van der Waals surface area contributed by atoms with Gasteiger partial charge in [0, 0.05) is 12.1 Å². The molecule has 36 heavy (non-hydrogen) atoms. The van der Waals surface area contributed by atoms with Crippen LogP contribution in [0.3, 0.4) is 0 Å². The summed E-state index contributed by atoms with van der Waals surface area (Å²) in [6.45, 7) is 14.5. The Morgan fingerprint density at radius 2 is 1.67 bits per heavy atom. The summed E-state index contributed by atoms with van der Waals surface area (Å²) in [6, 6.07) is 2.90. The van der Waals surface area contributed by atoms with Crippen molar-refractivity contribution in [2.45, 2.75) is 117 Å². The smallest absolute Gasteiger partial charge is 0.408 e. The topological polar surface area (TPSA) is 108 Å². The van der Waals surface area contributed by atoms with Crippen LogP contribution in [0.5, 0.6) is 5.75 Å². The number of nitrogens with zero attached hydrogens (tertiary/aromatic N) is 1. The Hall–Kier alpha value is -2.77. The molecule has 1 saturated carbocycles. The van der Waals surface area contributed by atoms with E-state index in [0.717, 1.165) is 32.1 Å². The number of benzene rings is 1. The minimum atomic E-state index is -0.916. The number of phenols is 1. The van der Waals surface area contributed by atoms with E-state index >= 15 is 0 Å². The van der Waals surface area contributed by atoms with Crippen LogP contribution in [-0.4, -0.2) is 51.6 Å². The third-order valence-electron chi connectivity index (χ3n) is 6.43. The Morgan fingerprint density at radius 3 is 2.17 bits per heavy atom. The van der Waals surface area contributed by atoms with Gasteiger partial charge >= 0.3 is 6.09 Å². The Kier molecular flexibility index (Phi) is 10.2. The monoisotopic (exact) mass is 503 g/mol. The van der Waals surface area contributed by atoms with Gasteiger partial charge in [-0.15, -0.1) is 0 Å². The van der Waals surface area contributed by atoms with E-state index in [1.807, 2.05) is 27.7 Å². The summed E-state index contributed by atoms with van der Waals surface area (Å²) in [5.41, 5.74) is 0.519. The molecule has 1 aromatic carbocycles. The number of rotatable bonds is 8. The van der Waals surface area contributed by atoms with E-state index in [4.69, 9.17) is 4.74 Å². The van der Waals surface area contributed by atoms with Crippen LogP contribution in [0.4, 0.5) is 4.79 Å². The first-order valence-corrected chi connectivity index (χ1v) is 13.1. The average Bonchev–Trinajstić information content (AvgIpc) is 2.76. The van der Waals surface area contributed by atoms with Crippen LogP contribution in [0.2, 0.25) is 0 Å². The second kappa shape index (κ2) is 12.5. The molecular formula is C28H45N3O5. The highest BCUT2D eigenvalue weighted by Crippen LogP contribution is 2.30. The number of alkyl carbamates (subject to hydrolysis) is 1. The Labute approximate surface area is 216 Å². The van der Waals surface area contributed by atoms with Crippen molar-refractivity contribution in [1.82, 2.24) is 15.5 Å². The second-order valence-corrected chi connectivity index (χ2v) is 11.5. The van der Waals surface area contributed by atoms with Gasteiger partial charge < -0.3 is 25.4 Å². The van der Waals surface area contributed by atoms with E-state index in [0.29, 0.717) is 11.1 Å². The number of aromatic hydroxyl groups is 1. The largest absolute Gasteiger partial charge is 0.508 e. The fraction of sp³-hybridized carbons (Fsp3) is 0.679. The lowest BCUT2D eigenvalue weighted by atomic mass is 9.93. The predicted molar refractivity (Wildman–Crippen MR) is 141 cm³/mol. The highest BCUT2D eigenvalue weighted by Gasteiger charge is 2.39. The van der Waals surface area contributed by atoms with E-state index in [2.05, 4.69) is 10.6 Å². The lowest BCUT2D eigenvalue weighted by Crippen LogP contribution is -2.57. The third-order valence-corrected chi connectivity index (χ3v) is 6.43. The second-order valence-electron chi connectivity index (χ2n) is 11.5. The summed E-state index contributed by atoms with van der Waals surface area (Å²) in [6.07, 6.45) is 4.44. The normalized spacial score (nSPS) is 16.4. The Bertz CT molecular complexity index is 916. The summed E-state index contributed by atoms with van der Waals surface area (Å²) < 4.78 is 5.40. The SMILES string of the molecule is Cc1cc(C(C(=O)NC2CCCCC2)N(C(=O)C(NC(=O)OC(C)(C)C)C(C)C)C(C)C)ccc1O. The molecule has 1 fully saturated rings. The maximum absolute atomic E-state index is 14.0. The molecule has 0 heterocycles. The number of hydrogen-bond acceptors (Lipinski definition) is 5. The highest BCUT2D eigenvalue weighted by atomic mass is 16.6. The summed E-state index contributed by atoms with van der Waals surface area (Å²) >= 11 is 0. The van der Waals surface area contributed by atoms with Crippen molar-refractivity contribution < 1.29 is 24.2 Å². The number of carbonyl (C=O) groups excluding carboxylic acids is 3. The molecule has 8 nitrogen and oxygen atoms in total. The van der Waals surface area contributed by atoms with Crippen LogP contribution in [-0.2, 0) is 14.3 Å². The molecule has 2 unspecified atom stereocenters. The Morgan fingerprint density at radius 1 is 1.06 bits per heavy atom. The van der Waals surface area contributed by atoms with Gasteiger partial charge in [-0.05, 0) is 83.6 Å². The van der Waals surface area contributed by atoms with Gasteiger partial charge in [0.15, 0.2) is 0 Å². The van der Waals surface area contributed by atoms with Crippen molar-refractivity contribution in [3.8, 4) is 5.75 Å². The summed E-state index contributed by atoms with van der Waals surface area (Å²) in [5, 5.41) is 16.0. The molecule has 3 amide bonds. The van der Waals surface area contributed by atoms with Gasteiger partial charge in [-0.3, -0.25) is 9.59 Å². The van der Waals surface area contributed by atoms with E-state index in [-0.39, 0.29) is 35.6 Å². The maximum atomic E-state index is 14.0. The van der Waals surface area contributed by atoms with E-state index in [9.17, 15) is 19.5 Å². The van der Waals surface area contributed by atoms with E-state index < -0.39 is 23.8 Å². The first kappa shape index (κ1) is 29.5. The first-order chi connectivity index (χ1) is 16.7. The number of amides is 3. The van der Waals surface area contributed by atoms with Crippen LogP contribution >= 0.6 is 0 Å². The molecule has 2 rings (SSSR count). The zero-order valence-corrected chi connectivity index (χ0v) is 23.2. The van der Waals surface area contributed by atoms with Gasteiger partial charge in [0.05, 0.1) is 0 Å². The number of aryl methyl sites for hydroxylation is 1. The van der Waals surface area contributed by atoms with Gasteiger partial charge in [-0.2, -0.15) is 0 Å². The summed E-state index contributed by atoms with van der Waals surface area (Å²) in [5.74, 6) is -0.733. The molecule has 1 aromatic rings. The summed E-state index contributed by atoms with van der Waals surface area (Å²) in [4.78, 5) is 41.9. The zero-order valence-electron chi connectivity index (χ0n) is 23.2. The Balaban J connectivity index is 2.46. The number of hydrogen-bond donors (Lipinski definition) is 3. The third kappa shape index (κ3) is 8.14. The number of nitrogens with one attached hydrogen (secondary N) is 2. The first-order valence-electron chi connectivity index (χ1n) is 13.1. The molecule has 1 aliphatic carbocycles. The molecule has 0 bridgehead atoms. The van der Waals surface area contributed by atoms with Crippen LogP contribution < -0.4 is 10.6 Å². The van der Waals surface area contributed by atoms with E-state index in [1.165, 1.54) is 0 Å². The van der Waals surface area contributed by atoms with Crippen LogP contribution in [0, 0.1) is 12.8 Å². The van der Waals surface area contributed by atoms with Gasteiger partial charge in [0.25, 0.3) is 0 Å². The van der Waals surface area contributed by atoms with Gasteiger partial charge in [-0.25, -0.2) is 4.79 Å². The molecule has 0 radical (unpaired) electrons. The predicted octanol–water partition coefficient (Wildman–Crippen LogP) is 4.98. The standard InChI is InChI=1S/C28H45N3O5/c1-17(2)23(30-27(35)36-28(6,7)8)26(34)31(18(3)4)24(20-14-15-22(32)19(5)16-20)25(33)29-21-12-10-9-11-13-21/h14-18,21,23-24,32H,9-13H2,1-8H3,(H,29,33)(H,30,35). The molecule has 2 atom stereocenters. The number of carbonyl (C=O) groups is 3. The molecule has 3 N–H and O–H groups in total. The van der Waals surface area contributed by atoms with Gasteiger partial charge in [0.1, 0.15) is 23.4 Å². The molecule has 1 aliphatic rings. The minimum absolute atomic E-state index is 0.0665. The summed E-state index contributed by atoms with van der Waals surface area (Å²) in [7, 11) is 0. The number of ether oxygens (including phenoxy) is 1. The van der Waals surface area contributed by atoms with Crippen LogP contribution in [0.15, 0.2) is 18.2 Å². The van der Waals surface area contributed by atoms with Gasteiger partial charge in [-0.1, -0.05) is 39.2 Å². The average molecular weight is 504 g/mol. The molecule has 0 aromatic heterocycles. The number of phenolic OH excluding ortho intramolecular Hbond substituents is 1. The fourth-order valence-corrected chi connectivity index (χ4v) is 4.60. The van der Waals surface area contributed by atoms with Crippen molar-refractivity contribution >= 4 is 17.9 Å². The fourth-order valence-electron chi connectivity index (χ4n) is 4.60. The van der Waals surface area contributed by atoms with Crippen molar-refractivity contribution in [2.75, 3.05) is 0 Å². The van der Waals surface area contributed by atoms with Crippen molar-refractivity contribution in [3.63, 3.8) is 0 Å². The van der Waals surface area contributed by atoms with Gasteiger partial charge in [0.2, 0.25) is 11.8 Å². The lowest BCUT2D eigenvalue weighted by Gasteiger charge is -2.39. The van der Waals surface area contributed by atoms with Crippen molar-refractivity contribution in [3.05, 3.63) is 29.3 Å². The molecule has 202 valence electrons. The molecule has 0 saturated heterocycles. The lowest BCUT2D eigenvalue weighted by molar-refractivity contribution is -0.145. The molecule has 0 aliphatic heterocycles. The zero-order chi connectivity index (χ0) is 27.2. The van der Waals surface area contributed by atoms with Crippen molar-refractivity contribution in [2.24, 2.45) is 5.92 Å². The molecule has 0 spiro atoms. The van der Waals surface area contributed by atoms with Crippen LogP contribution in [0.1, 0.15) is 97.7 Å². The van der Waals surface area contributed by atoms with Crippen LogP contribution in [0.25, 0.3) is 0 Å².